The molecule has 0 saturated carbocycles. The van der Waals surface area contributed by atoms with Crippen molar-refractivity contribution >= 4 is 17.8 Å². The van der Waals surface area contributed by atoms with Gasteiger partial charge in [-0.25, -0.2) is 11.3 Å². The van der Waals surface area contributed by atoms with Gasteiger partial charge < -0.3 is 10.1 Å². The van der Waals surface area contributed by atoms with E-state index in [2.05, 4.69) is 11.2 Å². The van der Waals surface area contributed by atoms with E-state index in [1.54, 1.807) is 0 Å². The van der Waals surface area contributed by atoms with Gasteiger partial charge in [-0.15, -0.1) is 6.20 Å². The predicted octanol–water partition coefficient (Wildman–Crippen LogP) is -1.33. The number of hydrogen-bond donors (Lipinski definition) is 1. The number of hydrogen-bond acceptors (Lipinski definition) is 3. The topological polar surface area (TPSA) is 50.2 Å². The van der Waals surface area contributed by atoms with E-state index in [0.29, 0.717) is 11.3 Å². The van der Waals surface area contributed by atoms with Gasteiger partial charge >= 0.3 is 25.0 Å². The quantitative estimate of drug-likeness (QED) is 0.324. The van der Waals surface area contributed by atoms with E-state index in [9.17, 15) is 13.2 Å². The number of aromatic nitrogens is 1. The molecular weight excluding hydrogens is 202 g/mol. The molecule has 0 saturated heterocycles. The monoisotopic (exact) mass is 205 g/mol. The zero-order valence-electron chi connectivity index (χ0n) is 6.50. The summed E-state index contributed by atoms with van der Waals surface area (Å²) in [5, 5.41) is 7.21. The third-order valence-corrected chi connectivity index (χ3v) is 1.40. The number of thiazole rings is 1. The van der Waals surface area contributed by atoms with Gasteiger partial charge in [0.05, 0.1) is 0 Å². The van der Waals surface area contributed by atoms with Crippen LogP contribution in [-0.2, 0) is 11.0 Å². The number of rotatable bonds is 0. The zero-order chi connectivity index (χ0) is 9.61. The molecule has 68 valence electrons. The van der Waals surface area contributed by atoms with Crippen molar-refractivity contribution in [3.63, 3.8) is 0 Å². The van der Waals surface area contributed by atoms with E-state index >= 15 is 0 Å². The SMILES string of the molecule is FC(F)(F)c1n[c-]cs1.O=CO.[Li+]. The van der Waals surface area contributed by atoms with Crippen LogP contribution in [-0.4, -0.2) is 16.6 Å². The van der Waals surface area contributed by atoms with E-state index in [1.165, 1.54) is 5.38 Å². The van der Waals surface area contributed by atoms with E-state index in [-0.39, 0.29) is 25.3 Å². The molecule has 0 amide bonds. The molecule has 1 rings (SSSR count). The van der Waals surface area contributed by atoms with Gasteiger partial charge in [0.2, 0.25) is 0 Å². The molecule has 0 fully saturated rings. The summed E-state index contributed by atoms with van der Waals surface area (Å²) in [7, 11) is 0. The van der Waals surface area contributed by atoms with Crippen molar-refractivity contribution in [1.82, 2.24) is 4.98 Å². The van der Waals surface area contributed by atoms with Gasteiger partial charge in [0.1, 0.15) is 0 Å². The zero-order valence-corrected chi connectivity index (χ0v) is 7.32. The van der Waals surface area contributed by atoms with Crippen molar-refractivity contribution in [3.8, 4) is 0 Å². The minimum Gasteiger partial charge on any atom is -0.483 e. The molecule has 0 aliphatic rings. The summed E-state index contributed by atoms with van der Waals surface area (Å²) < 4.78 is 34.6. The van der Waals surface area contributed by atoms with Crippen molar-refractivity contribution in [2.24, 2.45) is 0 Å². The molecule has 0 aliphatic heterocycles. The third-order valence-electron chi connectivity index (χ3n) is 0.632. The largest absolute Gasteiger partial charge is 1.00 e. The summed E-state index contributed by atoms with van der Waals surface area (Å²) in [5.41, 5.74) is 0. The Kier molecular flexibility index (Phi) is 8.00. The first kappa shape index (κ1) is 15.0. The second kappa shape index (κ2) is 6.95. The van der Waals surface area contributed by atoms with Crippen LogP contribution in [0, 0.1) is 6.20 Å². The third kappa shape index (κ3) is 6.63. The first-order chi connectivity index (χ1) is 5.52. The Labute approximate surface area is 87.8 Å². The summed E-state index contributed by atoms with van der Waals surface area (Å²) in [6.45, 7) is -0.250. The Morgan fingerprint density at radius 2 is 2.08 bits per heavy atom. The minimum absolute atomic E-state index is 0. The average molecular weight is 205 g/mol. The Bertz CT molecular complexity index is 226. The Hall–Kier alpha value is -0.513. The van der Waals surface area contributed by atoms with Crippen LogP contribution in [0.4, 0.5) is 13.2 Å². The fourth-order valence-corrected chi connectivity index (χ4v) is 0.780. The van der Waals surface area contributed by atoms with Gasteiger partial charge in [0, 0.05) is 5.01 Å². The predicted molar refractivity (Wildman–Crippen MR) is 34.6 cm³/mol. The van der Waals surface area contributed by atoms with Crippen molar-refractivity contribution in [2.45, 2.75) is 6.18 Å². The number of carboxylic acid groups (broad SMARTS) is 1. The van der Waals surface area contributed by atoms with Gasteiger partial charge in [-0.2, -0.15) is 13.2 Å². The van der Waals surface area contributed by atoms with E-state index in [1.807, 2.05) is 0 Å². The second-order valence-electron chi connectivity index (χ2n) is 1.38. The maximum atomic E-state index is 11.5. The molecule has 0 aliphatic carbocycles. The number of halogens is 3. The molecule has 0 atom stereocenters. The number of carbonyl (C=O) groups is 1. The van der Waals surface area contributed by atoms with Gasteiger partial charge in [-0.1, -0.05) is 5.38 Å². The molecular formula is C5H3F3LiNO2S. The average Bonchev–Trinajstić information content (AvgIpc) is 2.36. The van der Waals surface area contributed by atoms with Crippen molar-refractivity contribution in [2.75, 3.05) is 0 Å². The molecule has 0 unspecified atom stereocenters. The molecule has 0 radical (unpaired) electrons. The molecule has 1 aromatic rings. The second-order valence-corrected chi connectivity index (χ2v) is 2.24. The smallest absolute Gasteiger partial charge is 0.483 e. The van der Waals surface area contributed by atoms with E-state index in [4.69, 9.17) is 9.90 Å². The van der Waals surface area contributed by atoms with Crippen molar-refractivity contribution < 1.29 is 41.9 Å². The molecule has 1 aromatic heterocycles. The normalized spacial score (nSPS) is 9.15. The van der Waals surface area contributed by atoms with Crippen LogP contribution in [0.25, 0.3) is 0 Å². The van der Waals surface area contributed by atoms with Crippen LogP contribution in [0.15, 0.2) is 5.38 Å². The first-order valence-electron chi connectivity index (χ1n) is 2.49. The standard InChI is InChI=1S/C4HF3NS.CH2O2.Li/c5-4(6,7)3-8-1-2-9-3;2-1-3;/h2H;1H,(H,2,3);/q-1;;+1. The van der Waals surface area contributed by atoms with E-state index in [0.717, 1.165) is 0 Å². The fourth-order valence-electron chi connectivity index (χ4n) is 0.324. The molecule has 1 heterocycles. The Balaban J connectivity index is 0. The minimum atomic E-state index is -4.30. The molecule has 3 nitrogen and oxygen atoms in total. The van der Waals surface area contributed by atoms with Crippen molar-refractivity contribution in [1.29, 1.82) is 0 Å². The summed E-state index contributed by atoms with van der Waals surface area (Å²) in [6.07, 6.45) is -2.22. The molecule has 0 spiro atoms. The van der Waals surface area contributed by atoms with Crippen LogP contribution in [0.5, 0.6) is 0 Å². The van der Waals surface area contributed by atoms with Crippen molar-refractivity contribution in [3.05, 3.63) is 16.6 Å². The van der Waals surface area contributed by atoms with Gasteiger partial charge in [-0.05, 0) is 0 Å². The molecule has 1 N–H and O–H groups in total. The molecule has 13 heavy (non-hydrogen) atoms. The number of alkyl halides is 3. The Morgan fingerprint density at radius 1 is 1.62 bits per heavy atom. The summed E-state index contributed by atoms with van der Waals surface area (Å²) in [4.78, 5) is 11.3. The summed E-state index contributed by atoms with van der Waals surface area (Å²) in [5.74, 6) is 0. The first-order valence-corrected chi connectivity index (χ1v) is 3.37. The molecule has 0 bridgehead atoms. The Morgan fingerprint density at radius 3 is 2.23 bits per heavy atom. The van der Waals surface area contributed by atoms with Gasteiger partial charge in [-0.3, -0.25) is 4.79 Å². The summed E-state index contributed by atoms with van der Waals surface area (Å²) >= 11 is 0.538. The van der Waals surface area contributed by atoms with Gasteiger partial charge in [0.25, 0.3) is 6.47 Å². The molecule has 0 aromatic carbocycles. The van der Waals surface area contributed by atoms with E-state index < -0.39 is 11.2 Å². The maximum absolute atomic E-state index is 11.5. The maximum Gasteiger partial charge on any atom is 1.00 e. The van der Waals surface area contributed by atoms with Crippen LogP contribution in [0.2, 0.25) is 0 Å². The van der Waals surface area contributed by atoms with Crippen LogP contribution < -0.4 is 18.9 Å². The van der Waals surface area contributed by atoms with Crippen LogP contribution >= 0.6 is 11.3 Å². The fraction of sp³-hybridized carbons (Fsp3) is 0.200. The molecule has 8 heteroatoms. The van der Waals surface area contributed by atoms with Crippen LogP contribution in [0.1, 0.15) is 5.01 Å². The van der Waals surface area contributed by atoms with Crippen LogP contribution in [0.3, 0.4) is 0 Å². The number of nitrogens with zero attached hydrogens (tertiary/aromatic N) is 1. The van der Waals surface area contributed by atoms with Gasteiger partial charge in [0.15, 0.2) is 0 Å². The summed E-state index contributed by atoms with van der Waals surface area (Å²) in [6, 6.07) is 0.